The molecule has 0 atom stereocenters. The molecule has 0 fully saturated rings. The van der Waals surface area contributed by atoms with Gasteiger partial charge < -0.3 is 15.2 Å². The van der Waals surface area contributed by atoms with Crippen molar-refractivity contribution in [3.05, 3.63) is 59.0 Å². The average molecular weight is 476 g/mol. The lowest BCUT2D eigenvalue weighted by atomic mass is 10.1. The Labute approximate surface area is 190 Å². The van der Waals surface area contributed by atoms with Crippen LogP contribution in [0.25, 0.3) is 16.4 Å². The van der Waals surface area contributed by atoms with Gasteiger partial charge in [0.2, 0.25) is 5.88 Å². The van der Waals surface area contributed by atoms with Gasteiger partial charge in [0.05, 0.1) is 18.5 Å². The molecule has 0 unspecified atom stereocenters. The Morgan fingerprint density at radius 1 is 1.21 bits per heavy atom. The second-order valence-corrected chi connectivity index (χ2v) is 7.83. The minimum absolute atomic E-state index is 0.141. The van der Waals surface area contributed by atoms with Gasteiger partial charge in [-0.05, 0) is 25.1 Å². The number of aryl methyl sites for hydroxylation is 1. The van der Waals surface area contributed by atoms with Crippen LogP contribution in [0.3, 0.4) is 0 Å². The number of aliphatic hydroxyl groups excluding tert-OH is 1. The minimum Gasteiger partial charge on any atom is -0.481 e. The van der Waals surface area contributed by atoms with E-state index in [1.54, 1.807) is 36.1 Å². The third-order valence-electron chi connectivity index (χ3n) is 4.68. The standard InChI is InChI=1S/C21H19F3N6O2S/c1-12-11-16(30-8-5-15(29-30)20-25-7-10-33-20)13(6-9-31)19(26-12)27-14-3-4-17(32-2)28-18(14)21(22,23)24/h3-5,7-8,10-11,31H,6,9H2,1-2H3,(H,26,27). The second kappa shape index (κ2) is 9.16. The van der Waals surface area contributed by atoms with Gasteiger partial charge >= 0.3 is 6.18 Å². The van der Waals surface area contributed by atoms with Crippen LogP contribution in [0.4, 0.5) is 24.7 Å². The highest BCUT2D eigenvalue weighted by atomic mass is 32.1. The van der Waals surface area contributed by atoms with Crippen molar-refractivity contribution in [3.8, 4) is 22.3 Å². The summed E-state index contributed by atoms with van der Waals surface area (Å²) in [5, 5.41) is 19.5. The largest absolute Gasteiger partial charge is 0.481 e. The Kier molecular flexibility index (Phi) is 6.29. The monoisotopic (exact) mass is 476 g/mol. The molecule has 4 rings (SSSR count). The van der Waals surface area contributed by atoms with E-state index in [-0.39, 0.29) is 30.4 Å². The van der Waals surface area contributed by atoms with Crippen molar-refractivity contribution >= 4 is 22.8 Å². The maximum absolute atomic E-state index is 13.6. The molecular weight excluding hydrogens is 457 g/mol. The molecule has 0 saturated heterocycles. The zero-order valence-electron chi connectivity index (χ0n) is 17.6. The fourth-order valence-corrected chi connectivity index (χ4v) is 3.87. The Morgan fingerprint density at radius 2 is 2.03 bits per heavy atom. The molecule has 0 aliphatic heterocycles. The van der Waals surface area contributed by atoms with E-state index in [2.05, 4.69) is 25.4 Å². The van der Waals surface area contributed by atoms with Crippen LogP contribution in [-0.2, 0) is 12.6 Å². The molecule has 0 aromatic carbocycles. The topological polar surface area (TPSA) is 98.0 Å². The first kappa shape index (κ1) is 22.7. The van der Waals surface area contributed by atoms with Crippen LogP contribution < -0.4 is 10.1 Å². The average Bonchev–Trinajstić information content (AvgIpc) is 3.47. The summed E-state index contributed by atoms with van der Waals surface area (Å²) < 4.78 is 47.4. The fourth-order valence-electron chi connectivity index (χ4n) is 3.27. The lowest BCUT2D eigenvalue weighted by molar-refractivity contribution is -0.140. The van der Waals surface area contributed by atoms with Gasteiger partial charge in [-0.2, -0.15) is 18.3 Å². The number of aliphatic hydroxyl groups is 1. The minimum atomic E-state index is -4.72. The van der Waals surface area contributed by atoms with Crippen molar-refractivity contribution < 1.29 is 23.0 Å². The summed E-state index contributed by atoms with van der Waals surface area (Å²) in [6.07, 6.45) is -1.17. The summed E-state index contributed by atoms with van der Waals surface area (Å²) in [5.41, 5.74) is 0.873. The number of rotatable bonds is 7. The summed E-state index contributed by atoms with van der Waals surface area (Å²) in [4.78, 5) is 12.2. The van der Waals surface area contributed by atoms with Crippen LogP contribution in [0, 0.1) is 6.92 Å². The molecule has 0 aliphatic carbocycles. The van der Waals surface area contributed by atoms with Gasteiger partial charge in [0, 0.05) is 48.1 Å². The number of nitrogens with one attached hydrogen (secondary N) is 1. The molecule has 172 valence electrons. The van der Waals surface area contributed by atoms with Gasteiger partial charge in [0.15, 0.2) is 5.69 Å². The molecule has 4 aromatic rings. The zero-order valence-corrected chi connectivity index (χ0v) is 18.4. The number of nitrogens with zero attached hydrogens (tertiary/aromatic N) is 5. The lowest BCUT2D eigenvalue weighted by Crippen LogP contribution is -2.14. The number of hydrogen-bond acceptors (Lipinski definition) is 8. The maximum atomic E-state index is 13.6. The van der Waals surface area contributed by atoms with Crippen molar-refractivity contribution in [1.82, 2.24) is 24.7 Å². The predicted octanol–water partition coefficient (Wildman–Crippen LogP) is 4.40. The van der Waals surface area contributed by atoms with E-state index in [1.165, 1.54) is 30.6 Å². The van der Waals surface area contributed by atoms with Gasteiger partial charge in [-0.25, -0.2) is 19.6 Å². The van der Waals surface area contributed by atoms with E-state index in [9.17, 15) is 18.3 Å². The highest BCUT2D eigenvalue weighted by Crippen LogP contribution is 2.37. The number of methoxy groups -OCH3 is 1. The molecule has 33 heavy (non-hydrogen) atoms. The SMILES string of the molecule is COc1ccc(Nc2nc(C)cc(-n3ccc(-c4nccs4)n3)c2CCO)c(C(F)(F)F)n1. The predicted molar refractivity (Wildman–Crippen MR) is 117 cm³/mol. The maximum Gasteiger partial charge on any atom is 0.435 e. The van der Waals surface area contributed by atoms with Crippen molar-refractivity contribution in [2.45, 2.75) is 19.5 Å². The summed E-state index contributed by atoms with van der Waals surface area (Å²) in [7, 11) is 1.24. The number of ether oxygens (including phenoxy) is 1. The number of anilines is 2. The summed E-state index contributed by atoms with van der Waals surface area (Å²) >= 11 is 1.44. The summed E-state index contributed by atoms with van der Waals surface area (Å²) in [5.74, 6) is 0.00965. The third kappa shape index (κ3) is 4.81. The Balaban J connectivity index is 1.80. The molecular formula is C21H19F3N6O2S. The molecule has 0 aliphatic rings. The highest BCUT2D eigenvalue weighted by molar-refractivity contribution is 7.13. The lowest BCUT2D eigenvalue weighted by Gasteiger charge is -2.18. The van der Waals surface area contributed by atoms with Crippen LogP contribution in [0.5, 0.6) is 5.88 Å². The second-order valence-electron chi connectivity index (χ2n) is 6.94. The molecule has 12 heteroatoms. The zero-order chi connectivity index (χ0) is 23.6. The third-order valence-corrected chi connectivity index (χ3v) is 5.47. The molecule has 4 heterocycles. The van der Waals surface area contributed by atoms with E-state index in [1.807, 2.05) is 5.38 Å². The van der Waals surface area contributed by atoms with Gasteiger partial charge in [-0.1, -0.05) is 0 Å². The number of halogens is 3. The molecule has 0 bridgehead atoms. The van der Waals surface area contributed by atoms with E-state index in [0.29, 0.717) is 22.6 Å². The normalized spacial score (nSPS) is 11.6. The molecule has 0 radical (unpaired) electrons. The number of aromatic nitrogens is 5. The van der Waals surface area contributed by atoms with Crippen molar-refractivity contribution in [2.75, 3.05) is 19.0 Å². The summed E-state index contributed by atoms with van der Waals surface area (Å²) in [6, 6.07) is 6.11. The first-order valence-electron chi connectivity index (χ1n) is 9.76. The Hall–Kier alpha value is -3.51. The van der Waals surface area contributed by atoms with Gasteiger partial charge in [-0.15, -0.1) is 11.3 Å². The number of hydrogen-bond donors (Lipinski definition) is 2. The van der Waals surface area contributed by atoms with Gasteiger partial charge in [0.25, 0.3) is 0 Å². The fraction of sp³-hybridized carbons (Fsp3) is 0.238. The molecule has 0 spiro atoms. The van der Waals surface area contributed by atoms with Crippen LogP contribution in [0.1, 0.15) is 17.0 Å². The number of alkyl halides is 3. The Morgan fingerprint density at radius 3 is 2.70 bits per heavy atom. The quantitative estimate of drug-likeness (QED) is 0.408. The van der Waals surface area contributed by atoms with Gasteiger partial charge in [0.1, 0.15) is 16.5 Å². The van der Waals surface area contributed by atoms with Gasteiger partial charge in [-0.3, -0.25) is 0 Å². The smallest absolute Gasteiger partial charge is 0.435 e. The van der Waals surface area contributed by atoms with Crippen LogP contribution >= 0.6 is 11.3 Å². The molecule has 4 aromatic heterocycles. The van der Waals surface area contributed by atoms with Crippen molar-refractivity contribution in [1.29, 1.82) is 0 Å². The van der Waals surface area contributed by atoms with E-state index in [0.717, 1.165) is 5.01 Å². The molecule has 0 amide bonds. The molecule has 0 saturated carbocycles. The first-order chi connectivity index (χ1) is 15.8. The number of thiazole rings is 1. The number of pyridine rings is 2. The van der Waals surface area contributed by atoms with E-state index >= 15 is 0 Å². The van der Waals surface area contributed by atoms with Crippen molar-refractivity contribution in [3.63, 3.8) is 0 Å². The highest BCUT2D eigenvalue weighted by Gasteiger charge is 2.36. The van der Waals surface area contributed by atoms with Crippen LogP contribution in [0.2, 0.25) is 0 Å². The van der Waals surface area contributed by atoms with E-state index in [4.69, 9.17) is 4.74 Å². The first-order valence-corrected chi connectivity index (χ1v) is 10.6. The van der Waals surface area contributed by atoms with E-state index < -0.39 is 11.9 Å². The van der Waals surface area contributed by atoms with Crippen molar-refractivity contribution in [2.24, 2.45) is 0 Å². The molecule has 2 N–H and O–H groups in total. The molecule has 8 nitrogen and oxygen atoms in total. The van der Waals surface area contributed by atoms with Crippen LogP contribution in [-0.4, -0.2) is 43.6 Å². The Bertz CT molecular complexity index is 1260. The summed E-state index contributed by atoms with van der Waals surface area (Å²) in [6.45, 7) is 1.49. The van der Waals surface area contributed by atoms with Crippen LogP contribution in [0.15, 0.2) is 42.0 Å².